The first kappa shape index (κ1) is 11.0. The lowest BCUT2D eigenvalue weighted by Crippen LogP contribution is -2.54. The van der Waals surface area contributed by atoms with Gasteiger partial charge in [0, 0.05) is 18.0 Å². The van der Waals surface area contributed by atoms with E-state index in [0.29, 0.717) is 5.92 Å². The summed E-state index contributed by atoms with van der Waals surface area (Å²) in [5.41, 5.74) is 3.50. The Morgan fingerprint density at radius 2 is 1.94 bits per heavy atom. The van der Waals surface area contributed by atoms with Gasteiger partial charge < -0.3 is 0 Å². The molecule has 18 heavy (non-hydrogen) atoms. The molecular weight excluding hydrogens is 218 g/mol. The van der Waals surface area contributed by atoms with Gasteiger partial charge in [-0.05, 0) is 49.8 Å². The molecule has 1 heteroatoms. The smallest absolute Gasteiger partial charge is 0.0316 e. The SMILES string of the molecule is C1=CC2=C3CCCCC3N3CCCCC3C2C=C1. The first-order valence-electron chi connectivity index (χ1n) is 7.79. The zero-order chi connectivity index (χ0) is 11.9. The van der Waals surface area contributed by atoms with Crippen LogP contribution in [0.4, 0.5) is 0 Å². The van der Waals surface area contributed by atoms with Crippen LogP contribution in [0.5, 0.6) is 0 Å². The van der Waals surface area contributed by atoms with E-state index in [1.807, 2.05) is 0 Å². The van der Waals surface area contributed by atoms with Gasteiger partial charge in [0.05, 0.1) is 0 Å². The Kier molecular flexibility index (Phi) is 2.69. The molecule has 1 saturated heterocycles. The monoisotopic (exact) mass is 241 g/mol. The minimum atomic E-state index is 0.708. The molecule has 96 valence electrons. The molecule has 3 atom stereocenters. The van der Waals surface area contributed by atoms with Crippen LogP contribution in [-0.2, 0) is 0 Å². The van der Waals surface area contributed by atoms with Crippen molar-refractivity contribution < 1.29 is 0 Å². The lowest BCUT2D eigenvalue weighted by Gasteiger charge is -2.51. The largest absolute Gasteiger partial charge is 0.293 e. The molecule has 2 fully saturated rings. The lowest BCUT2D eigenvalue weighted by molar-refractivity contribution is 0.0661. The van der Waals surface area contributed by atoms with Crippen LogP contribution in [0.2, 0.25) is 0 Å². The summed E-state index contributed by atoms with van der Waals surface area (Å²) in [6.45, 7) is 1.35. The predicted molar refractivity (Wildman–Crippen MR) is 75.4 cm³/mol. The van der Waals surface area contributed by atoms with Crippen LogP contribution in [0, 0.1) is 5.92 Å². The Labute approximate surface area is 110 Å². The van der Waals surface area contributed by atoms with Crippen LogP contribution in [0.25, 0.3) is 0 Å². The second-order valence-electron chi connectivity index (χ2n) is 6.31. The molecule has 0 amide bonds. The Morgan fingerprint density at radius 3 is 2.94 bits per heavy atom. The highest BCUT2D eigenvalue weighted by Crippen LogP contribution is 2.45. The highest BCUT2D eigenvalue weighted by atomic mass is 15.2. The second kappa shape index (κ2) is 4.38. The fourth-order valence-electron chi connectivity index (χ4n) is 4.66. The molecule has 0 bridgehead atoms. The summed E-state index contributed by atoms with van der Waals surface area (Å²) in [7, 11) is 0. The molecule has 2 aliphatic carbocycles. The Hall–Kier alpha value is -0.820. The molecule has 0 spiro atoms. The maximum atomic E-state index is 2.87. The molecule has 0 N–H and O–H groups in total. The van der Waals surface area contributed by atoms with E-state index >= 15 is 0 Å². The number of allylic oxidation sites excluding steroid dienone is 3. The third-order valence-electron chi connectivity index (χ3n) is 5.42. The standard InChI is InChI=1S/C17H23N/c1-2-8-14-13(7-1)15-9-3-4-10-16(15)18-12-6-5-11-17(14)18/h1-2,7-8,14,16-17H,3-6,9-12H2. The topological polar surface area (TPSA) is 3.24 Å². The number of hydrogen-bond acceptors (Lipinski definition) is 1. The van der Waals surface area contributed by atoms with E-state index in [2.05, 4.69) is 29.2 Å². The van der Waals surface area contributed by atoms with Gasteiger partial charge in [-0.15, -0.1) is 0 Å². The van der Waals surface area contributed by atoms with E-state index in [4.69, 9.17) is 0 Å². The van der Waals surface area contributed by atoms with Crippen molar-refractivity contribution in [3.05, 3.63) is 35.5 Å². The van der Waals surface area contributed by atoms with E-state index in [9.17, 15) is 0 Å². The summed E-state index contributed by atoms with van der Waals surface area (Å²) < 4.78 is 0. The summed E-state index contributed by atoms with van der Waals surface area (Å²) in [6, 6.07) is 1.60. The van der Waals surface area contributed by atoms with Gasteiger partial charge in [-0.3, -0.25) is 4.90 Å². The maximum Gasteiger partial charge on any atom is 0.0316 e. The van der Waals surface area contributed by atoms with Crippen LogP contribution in [0.15, 0.2) is 35.5 Å². The molecule has 0 aromatic heterocycles. The van der Waals surface area contributed by atoms with Crippen LogP contribution in [0.1, 0.15) is 44.9 Å². The summed E-state index contributed by atoms with van der Waals surface area (Å²) in [4.78, 5) is 2.87. The van der Waals surface area contributed by atoms with E-state index in [1.54, 1.807) is 11.1 Å². The average molecular weight is 241 g/mol. The fourth-order valence-corrected chi connectivity index (χ4v) is 4.66. The fraction of sp³-hybridized carbons (Fsp3) is 0.647. The van der Waals surface area contributed by atoms with Gasteiger partial charge in [-0.25, -0.2) is 0 Å². The summed E-state index contributed by atoms with van der Waals surface area (Å²) in [5.74, 6) is 0.708. The number of piperidine rings is 1. The third-order valence-corrected chi connectivity index (χ3v) is 5.42. The minimum Gasteiger partial charge on any atom is -0.293 e. The van der Waals surface area contributed by atoms with Crippen molar-refractivity contribution in [3.63, 3.8) is 0 Å². The van der Waals surface area contributed by atoms with Gasteiger partial charge in [-0.2, -0.15) is 0 Å². The molecule has 2 aliphatic heterocycles. The first-order valence-corrected chi connectivity index (χ1v) is 7.79. The first-order chi connectivity index (χ1) is 8.95. The van der Waals surface area contributed by atoms with E-state index in [0.717, 1.165) is 12.1 Å². The van der Waals surface area contributed by atoms with Gasteiger partial charge in [-0.1, -0.05) is 37.1 Å². The van der Waals surface area contributed by atoms with Crippen molar-refractivity contribution in [1.82, 2.24) is 4.90 Å². The van der Waals surface area contributed by atoms with Crippen molar-refractivity contribution in [2.45, 2.75) is 57.0 Å². The van der Waals surface area contributed by atoms with Gasteiger partial charge in [0.2, 0.25) is 0 Å². The molecule has 1 saturated carbocycles. The van der Waals surface area contributed by atoms with Crippen molar-refractivity contribution >= 4 is 0 Å². The Balaban J connectivity index is 1.80. The maximum absolute atomic E-state index is 2.87. The highest BCUT2D eigenvalue weighted by molar-refractivity contribution is 5.43. The summed E-state index contributed by atoms with van der Waals surface area (Å²) in [6.07, 6.45) is 19.3. The molecule has 0 aromatic rings. The van der Waals surface area contributed by atoms with Gasteiger partial charge >= 0.3 is 0 Å². The van der Waals surface area contributed by atoms with Gasteiger partial charge in [0.15, 0.2) is 0 Å². The summed E-state index contributed by atoms with van der Waals surface area (Å²) in [5, 5.41) is 0. The average Bonchev–Trinajstić information content (AvgIpc) is 2.48. The molecule has 4 rings (SSSR count). The molecule has 2 heterocycles. The van der Waals surface area contributed by atoms with Gasteiger partial charge in [0.25, 0.3) is 0 Å². The zero-order valence-corrected chi connectivity index (χ0v) is 11.1. The zero-order valence-electron chi connectivity index (χ0n) is 11.1. The van der Waals surface area contributed by atoms with Crippen molar-refractivity contribution in [3.8, 4) is 0 Å². The van der Waals surface area contributed by atoms with Gasteiger partial charge in [0.1, 0.15) is 0 Å². The number of fused-ring (bicyclic) bond motifs is 5. The van der Waals surface area contributed by atoms with Crippen LogP contribution >= 0.6 is 0 Å². The third kappa shape index (κ3) is 1.56. The molecule has 0 radical (unpaired) electrons. The number of hydrogen-bond donors (Lipinski definition) is 0. The normalized spacial score (nSPS) is 39.2. The molecule has 4 aliphatic rings. The molecule has 0 aromatic carbocycles. The van der Waals surface area contributed by atoms with Crippen molar-refractivity contribution in [2.75, 3.05) is 6.54 Å². The lowest BCUT2D eigenvalue weighted by atomic mass is 9.71. The predicted octanol–water partition coefficient (Wildman–Crippen LogP) is 3.84. The molecule has 3 unspecified atom stereocenters. The quantitative estimate of drug-likeness (QED) is 0.623. The number of nitrogens with zero attached hydrogens (tertiary/aromatic N) is 1. The second-order valence-corrected chi connectivity index (χ2v) is 6.31. The van der Waals surface area contributed by atoms with Crippen molar-refractivity contribution in [1.29, 1.82) is 0 Å². The van der Waals surface area contributed by atoms with Crippen LogP contribution in [-0.4, -0.2) is 23.5 Å². The van der Waals surface area contributed by atoms with Crippen molar-refractivity contribution in [2.24, 2.45) is 5.92 Å². The highest BCUT2D eigenvalue weighted by Gasteiger charge is 2.42. The van der Waals surface area contributed by atoms with Crippen LogP contribution in [0.3, 0.4) is 0 Å². The van der Waals surface area contributed by atoms with Crippen LogP contribution < -0.4 is 0 Å². The number of rotatable bonds is 0. The molecular formula is C17H23N. The van der Waals surface area contributed by atoms with E-state index in [-0.39, 0.29) is 0 Å². The Bertz CT molecular complexity index is 429. The van der Waals surface area contributed by atoms with E-state index in [1.165, 1.54) is 51.5 Å². The molecule has 1 nitrogen and oxygen atoms in total. The van der Waals surface area contributed by atoms with E-state index < -0.39 is 0 Å². The Morgan fingerprint density at radius 1 is 1.00 bits per heavy atom. The minimum absolute atomic E-state index is 0.708. The summed E-state index contributed by atoms with van der Waals surface area (Å²) >= 11 is 0.